The molecule has 0 unspecified atom stereocenters. The molecule has 2 heteroatoms. The van der Waals surface area contributed by atoms with Crippen molar-refractivity contribution in [3.63, 3.8) is 0 Å². The van der Waals surface area contributed by atoms with E-state index in [-0.39, 0.29) is 5.41 Å². The first-order valence-corrected chi connectivity index (χ1v) is 8.29. The summed E-state index contributed by atoms with van der Waals surface area (Å²) >= 11 is 0. The Hall–Kier alpha value is -1.02. The Labute approximate surface area is 130 Å². The third-order valence-corrected chi connectivity index (χ3v) is 4.60. The maximum Gasteiger partial charge on any atom is 0.120 e. The van der Waals surface area contributed by atoms with Crippen LogP contribution in [0.5, 0.6) is 5.75 Å². The van der Waals surface area contributed by atoms with E-state index in [1.54, 1.807) is 0 Å². The molecule has 118 valence electrons. The minimum Gasteiger partial charge on any atom is -0.490 e. The van der Waals surface area contributed by atoms with Crippen LogP contribution >= 0.6 is 0 Å². The first kappa shape index (κ1) is 16.4. The molecule has 1 aliphatic rings. The standard InChI is InChI=1S/C19H31NO/c1-13(2)14(3)20-16-11-18(12-16)21-17-9-7-8-15(10-17)19(4,5)6/h7-10,13-14,16,18,20H,11-12H2,1-6H3/t14-,16?,18?/m0/s1. The van der Waals surface area contributed by atoms with Gasteiger partial charge >= 0.3 is 0 Å². The quantitative estimate of drug-likeness (QED) is 0.860. The SMILES string of the molecule is CC(C)[C@H](C)NC1CC(Oc2cccc(C(C)(C)C)c2)C1. The number of nitrogens with one attached hydrogen (secondary N) is 1. The fourth-order valence-electron chi connectivity index (χ4n) is 2.59. The molecule has 0 bridgehead atoms. The molecule has 0 aromatic heterocycles. The zero-order valence-corrected chi connectivity index (χ0v) is 14.4. The molecular weight excluding hydrogens is 258 g/mol. The molecule has 1 saturated carbocycles. The van der Waals surface area contributed by atoms with Gasteiger partial charge < -0.3 is 10.1 Å². The first-order chi connectivity index (χ1) is 9.75. The molecule has 0 aliphatic heterocycles. The molecule has 0 amide bonds. The van der Waals surface area contributed by atoms with E-state index >= 15 is 0 Å². The lowest BCUT2D eigenvalue weighted by molar-refractivity contribution is 0.0773. The summed E-state index contributed by atoms with van der Waals surface area (Å²) in [7, 11) is 0. The Balaban J connectivity index is 1.83. The van der Waals surface area contributed by atoms with Gasteiger partial charge in [0, 0.05) is 12.1 Å². The number of hydrogen-bond donors (Lipinski definition) is 1. The van der Waals surface area contributed by atoms with Crippen molar-refractivity contribution < 1.29 is 4.74 Å². The average molecular weight is 289 g/mol. The molecule has 1 aromatic carbocycles. The molecule has 0 radical (unpaired) electrons. The van der Waals surface area contributed by atoms with Gasteiger partial charge in [0.1, 0.15) is 11.9 Å². The van der Waals surface area contributed by atoms with Crippen LogP contribution < -0.4 is 10.1 Å². The molecule has 2 rings (SSSR count). The number of benzene rings is 1. The maximum absolute atomic E-state index is 6.12. The van der Waals surface area contributed by atoms with Crippen LogP contribution in [0.15, 0.2) is 24.3 Å². The van der Waals surface area contributed by atoms with Gasteiger partial charge in [-0.15, -0.1) is 0 Å². The van der Waals surface area contributed by atoms with E-state index in [1.807, 2.05) is 0 Å². The van der Waals surface area contributed by atoms with Crippen LogP contribution in [0.25, 0.3) is 0 Å². The van der Waals surface area contributed by atoms with Crippen molar-refractivity contribution in [2.45, 2.75) is 78.0 Å². The summed E-state index contributed by atoms with van der Waals surface area (Å²) in [6, 6.07) is 9.76. The number of ether oxygens (including phenoxy) is 1. The second-order valence-corrected chi connectivity index (χ2v) is 7.89. The van der Waals surface area contributed by atoms with Gasteiger partial charge in [0.25, 0.3) is 0 Å². The first-order valence-electron chi connectivity index (χ1n) is 8.29. The van der Waals surface area contributed by atoms with Gasteiger partial charge in [-0.05, 0) is 48.8 Å². The summed E-state index contributed by atoms with van der Waals surface area (Å²) in [5, 5.41) is 3.69. The molecule has 1 N–H and O–H groups in total. The minimum absolute atomic E-state index is 0.176. The molecule has 1 fully saturated rings. The Morgan fingerprint density at radius 1 is 1.14 bits per heavy atom. The van der Waals surface area contributed by atoms with Gasteiger partial charge in [0.15, 0.2) is 0 Å². The van der Waals surface area contributed by atoms with E-state index in [0.717, 1.165) is 18.6 Å². The zero-order valence-electron chi connectivity index (χ0n) is 14.4. The van der Waals surface area contributed by atoms with E-state index < -0.39 is 0 Å². The molecule has 21 heavy (non-hydrogen) atoms. The molecule has 1 atom stereocenters. The highest BCUT2D eigenvalue weighted by molar-refractivity contribution is 5.32. The van der Waals surface area contributed by atoms with Crippen molar-refractivity contribution in [3.8, 4) is 5.75 Å². The van der Waals surface area contributed by atoms with Crippen LogP contribution in [-0.4, -0.2) is 18.2 Å². The lowest BCUT2D eigenvalue weighted by Gasteiger charge is -2.38. The normalized spacial score (nSPS) is 23.8. The lowest BCUT2D eigenvalue weighted by Crippen LogP contribution is -2.50. The topological polar surface area (TPSA) is 21.3 Å². The second kappa shape index (κ2) is 6.39. The summed E-state index contributed by atoms with van der Waals surface area (Å²) in [6.45, 7) is 13.5. The third kappa shape index (κ3) is 4.47. The molecule has 0 heterocycles. The number of rotatable bonds is 5. The van der Waals surface area contributed by atoms with E-state index in [4.69, 9.17) is 4.74 Å². The maximum atomic E-state index is 6.12. The highest BCUT2D eigenvalue weighted by Crippen LogP contribution is 2.30. The van der Waals surface area contributed by atoms with Gasteiger partial charge in [0.2, 0.25) is 0 Å². The average Bonchev–Trinajstić information content (AvgIpc) is 2.35. The smallest absolute Gasteiger partial charge is 0.120 e. The predicted molar refractivity (Wildman–Crippen MR) is 90.0 cm³/mol. The molecule has 0 spiro atoms. The minimum atomic E-state index is 0.176. The molecule has 0 saturated heterocycles. The predicted octanol–water partition coefficient (Wildman–Crippen LogP) is 4.53. The van der Waals surface area contributed by atoms with Gasteiger partial charge in [0.05, 0.1) is 0 Å². The Bertz CT molecular complexity index is 455. The van der Waals surface area contributed by atoms with Crippen LogP contribution in [0.4, 0.5) is 0 Å². The summed E-state index contributed by atoms with van der Waals surface area (Å²) in [4.78, 5) is 0. The Morgan fingerprint density at radius 3 is 2.38 bits per heavy atom. The van der Waals surface area contributed by atoms with Crippen LogP contribution in [0.2, 0.25) is 0 Å². The van der Waals surface area contributed by atoms with Crippen LogP contribution in [-0.2, 0) is 5.41 Å². The monoisotopic (exact) mass is 289 g/mol. The third-order valence-electron chi connectivity index (χ3n) is 4.60. The Morgan fingerprint density at radius 2 is 1.81 bits per heavy atom. The molecule has 1 aliphatic carbocycles. The summed E-state index contributed by atoms with van der Waals surface area (Å²) in [5.74, 6) is 1.70. The lowest BCUT2D eigenvalue weighted by atomic mass is 9.86. The zero-order chi connectivity index (χ0) is 15.6. The van der Waals surface area contributed by atoms with Crippen molar-refractivity contribution in [2.75, 3.05) is 0 Å². The summed E-state index contributed by atoms with van der Waals surface area (Å²) < 4.78 is 6.12. The highest BCUT2D eigenvalue weighted by atomic mass is 16.5. The fourth-order valence-corrected chi connectivity index (χ4v) is 2.59. The fraction of sp³-hybridized carbons (Fsp3) is 0.684. The van der Waals surface area contributed by atoms with E-state index in [9.17, 15) is 0 Å². The van der Waals surface area contributed by atoms with Crippen molar-refractivity contribution in [1.29, 1.82) is 0 Å². The Kier molecular flexibility index (Phi) is 4.98. The second-order valence-electron chi connectivity index (χ2n) is 7.89. The van der Waals surface area contributed by atoms with Crippen LogP contribution in [0.1, 0.15) is 59.9 Å². The van der Waals surface area contributed by atoms with Crippen LogP contribution in [0, 0.1) is 5.92 Å². The summed E-state index contributed by atoms with van der Waals surface area (Å²) in [5.41, 5.74) is 1.51. The van der Waals surface area contributed by atoms with Gasteiger partial charge in [-0.3, -0.25) is 0 Å². The van der Waals surface area contributed by atoms with E-state index in [0.29, 0.717) is 24.1 Å². The van der Waals surface area contributed by atoms with Crippen molar-refractivity contribution in [1.82, 2.24) is 5.32 Å². The van der Waals surface area contributed by atoms with Crippen molar-refractivity contribution >= 4 is 0 Å². The van der Waals surface area contributed by atoms with Crippen molar-refractivity contribution in [2.24, 2.45) is 5.92 Å². The summed E-state index contributed by atoms with van der Waals surface area (Å²) in [6.07, 6.45) is 2.62. The number of hydrogen-bond acceptors (Lipinski definition) is 2. The van der Waals surface area contributed by atoms with E-state index in [2.05, 4.69) is 71.1 Å². The van der Waals surface area contributed by atoms with E-state index in [1.165, 1.54) is 5.56 Å². The van der Waals surface area contributed by atoms with Crippen LogP contribution in [0.3, 0.4) is 0 Å². The highest BCUT2D eigenvalue weighted by Gasteiger charge is 2.32. The van der Waals surface area contributed by atoms with Gasteiger partial charge in [-0.2, -0.15) is 0 Å². The van der Waals surface area contributed by atoms with Gasteiger partial charge in [-0.25, -0.2) is 0 Å². The molecular formula is C19H31NO. The molecule has 1 aromatic rings. The molecule has 2 nitrogen and oxygen atoms in total. The largest absolute Gasteiger partial charge is 0.490 e. The van der Waals surface area contributed by atoms with Gasteiger partial charge in [-0.1, -0.05) is 46.8 Å². The van der Waals surface area contributed by atoms with Crippen molar-refractivity contribution in [3.05, 3.63) is 29.8 Å².